The van der Waals surface area contributed by atoms with E-state index >= 15 is 0 Å². The summed E-state index contributed by atoms with van der Waals surface area (Å²) in [5, 5.41) is 3.21. The summed E-state index contributed by atoms with van der Waals surface area (Å²) in [5.74, 6) is 0.818. The summed E-state index contributed by atoms with van der Waals surface area (Å²) >= 11 is 4.84. The second kappa shape index (κ2) is 3.26. The molecule has 0 radical (unpaired) electrons. The van der Waals surface area contributed by atoms with Gasteiger partial charge in [-0.1, -0.05) is 0 Å². The quantitative estimate of drug-likeness (QED) is 0.757. The number of nitrogens with one attached hydrogen (secondary N) is 1. The van der Waals surface area contributed by atoms with Gasteiger partial charge in [0.15, 0.2) is 0 Å². The molecule has 1 nitrogen and oxygen atoms in total. The van der Waals surface area contributed by atoms with E-state index in [2.05, 4.69) is 21.2 Å². The van der Waals surface area contributed by atoms with Crippen molar-refractivity contribution in [3.8, 4) is 0 Å². The average Bonchev–Trinajstić information content (AvgIpc) is 2.07. The van der Waals surface area contributed by atoms with Crippen LogP contribution in [0.25, 0.3) is 0 Å². The van der Waals surface area contributed by atoms with Gasteiger partial charge >= 0.3 is 0 Å². The minimum absolute atomic E-state index is 0.190. The Morgan fingerprint density at radius 3 is 3.17 bits per heavy atom. The highest BCUT2D eigenvalue weighted by molar-refractivity contribution is 9.10. The lowest BCUT2D eigenvalue weighted by Gasteiger charge is -2.17. The van der Waals surface area contributed by atoms with E-state index in [0.29, 0.717) is 4.47 Å². The third-order valence-corrected chi connectivity index (χ3v) is 3.36. The largest absolute Gasteiger partial charge is 0.383 e. The lowest BCUT2D eigenvalue weighted by molar-refractivity contribution is 0.617. The summed E-state index contributed by atoms with van der Waals surface area (Å²) in [5.41, 5.74) is 1.03. The normalized spacial score (nSPS) is 15.2. The van der Waals surface area contributed by atoms with E-state index in [1.165, 1.54) is 0 Å². The molecule has 4 heteroatoms. The van der Waals surface area contributed by atoms with Gasteiger partial charge in [-0.05, 0) is 28.1 Å². The number of benzene rings is 1. The molecule has 1 aliphatic rings. The van der Waals surface area contributed by atoms with Gasteiger partial charge in [-0.25, -0.2) is 4.39 Å². The van der Waals surface area contributed by atoms with Crippen LogP contribution < -0.4 is 5.32 Å². The molecule has 0 spiro atoms. The molecule has 64 valence electrons. The van der Waals surface area contributed by atoms with E-state index in [1.54, 1.807) is 23.9 Å². The van der Waals surface area contributed by atoms with E-state index in [-0.39, 0.29) is 5.82 Å². The molecule has 1 N–H and O–H groups in total. The lowest BCUT2D eigenvalue weighted by atomic mass is 10.3. The van der Waals surface area contributed by atoms with Gasteiger partial charge in [-0.3, -0.25) is 0 Å². The Morgan fingerprint density at radius 1 is 1.50 bits per heavy atom. The third kappa shape index (κ3) is 1.45. The van der Waals surface area contributed by atoms with Gasteiger partial charge in [-0.15, -0.1) is 11.8 Å². The molecule has 1 aromatic carbocycles. The first kappa shape index (κ1) is 8.38. The molecule has 0 saturated heterocycles. The number of anilines is 1. The number of hydrogen-bond donors (Lipinski definition) is 1. The zero-order chi connectivity index (χ0) is 8.55. The monoisotopic (exact) mass is 247 g/mol. The first-order valence-electron chi connectivity index (χ1n) is 3.63. The Labute approximate surface area is 82.9 Å². The Balaban J connectivity index is 2.49. The van der Waals surface area contributed by atoms with Crippen LogP contribution in [0.5, 0.6) is 0 Å². The lowest BCUT2D eigenvalue weighted by Crippen LogP contribution is -2.10. The highest BCUT2D eigenvalue weighted by atomic mass is 79.9. The molecule has 1 heterocycles. The Hall–Kier alpha value is -0.220. The van der Waals surface area contributed by atoms with E-state index in [0.717, 1.165) is 22.9 Å². The standard InChI is InChI=1S/C8H7BrFNS/c9-5-3-7-8(4-6(5)10)12-2-1-11-7/h3-4,11H,1-2H2. The van der Waals surface area contributed by atoms with E-state index < -0.39 is 0 Å². The predicted octanol–water partition coefficient (Wildman–Crippen LogP) is 3.11. The minimum atomic E-state index is -0.190. The summed E-state index contributed by atoms with van der Waals surface area (Å²) in [6.07, 6.45) is 0. The van der Waals surface area contributed by atoms with Crippen molar-refractivity contribution in [3.05, 3.63) is 22.4 Å². The zero-order valence-electron chi connectivity index (χ0n) is 6.23. The summed E-state index contributed by atoms with van der Waals surface area (Å²) < 4.78 is 13.5. The maximum absolute atomic E-state index is 13.0. The molecule has 1 aromatic rings. The van der Waals surface area contributed by atoms with Gasteiger partial charge in [0.1, 0.15) is 5.82 Å². The Bertz CT molecular complexity index is 285. The van der Waals surface area contributed by atoms with Crippen LogP contribution in [0.4, 0.5) is 10.1 Å². The van der Waals surface area contributed by atoms with E-state index in [4.69, 9.17) is 0 Å². The fourth-order valence-corrected chi connectivity index (χ4v) is 2.37. The van der Waals surface area contributed by atoms with Crippen LogP contribution in [0, 0.1) is 5.82 Å². The maximum atomic E-state index is 13.0. The van der Waals surface area contributed by atoms with Crippen molar-refractivity contribution in [2.24, 2.45) is 0 Å². The molecule has 0 saturated carbocycles. The van der Waals surface area contributed by atoms with Crippen LogP contribution in [0.3, 0.4) is 0 Å². The van der Waals surface area contributed by atoms with Gasteiger partial charge in [-0.2, -0.15) is 0 Å². The molecule has 0 atom stereocenters. The minimum Gasteiger partial charge on any atom is -0.383 e. The first-order chi connectivity index (χ1) is 5.77. The van der Waals surface area contributed by atoms with Gasteiger partial charge < -0.3 is 5.32 Å². The van der Waals surface area contributed by atoms with Crippen LogP contribution >= 0.6 is 27.7 Å². The Kier molecular flexibility index (Phi) is 2.28. The SMILES string of the molecule is Fc1cc2c(cc1Br)NCCS2. The fraction of sp³-hybridized carbons (Fsp3) is 0.250. The number of halogens is 2. The summed E-state index contributed by atoms with van der Waals surface area (Å²) in [6, 6.07) is 3.35. The summed E-state index contributed by atoms with van der Waals surface area (Å²) in [7, 11) is 0. The molecular weight excluding hydrogens is 241 g/mol. The van der Waals surface area contributed by atoms with Crippen molar-refractivity contribution < 1.29 is 4.39 Å². The molecule has 0 unspecified atom stereocenters. The first-order valence-corrected chi connectivity index (χ1v) is 5.41. The topological polar surface area (TPSA) is 12.0 Å². The van der Waals surface area contributed by atoms with Gasteiger partial charge in [0.2, 0.25) is 0 Å². The van der Waals surface area contributed by atoms with Gasteiger partial charge in [0, 0.05) is 22.9 Å². The van der Waals surface area contributed by atoms with Crippen molar-refractivity contribution in [2.45, 2.75) is 4.90 Å². The summed E-state index contributed by atoms with van der Waals surface area (Å²) in [6.45, 7) is 0.954. The third-order valence-electron chi connectivity index (χ3n) is 1.70. The zero-order valence-corrected chi connectivity index (χ0v) is 8.64. The number of rotatable bonds is 0. The van der Waals surface area contributed by atoms with Crippen molar-refractivity contribution in [3.63, 3.8) is 0 Å². The van der Waals surface area contributed by atoms with Crippen LogP contribution in [0.15, 0.2) is 21.5 Å². The van der Waals surface area contributed by atoms with Crippen LogP contribution in [0.1, 0.15) is 0 Å². The molecule has 0 fully saturated rings. The number of thioether (sulfide) groups is 1. The number of fused-ring (bicyclic) bond motifs is 1. The van der Waals surface area contributed by atoms with Crippen molar-refractivity contribution in [1.82, 2.24) is 0 Å². The molecule has 0 bridgehead atoms. The smallest absolute Gasteiger partial charge is 0.138 e. The van der Waals surface area contributed by atoms with Crippen LogP contribution in [-0.4, -0.2) is 12.3 Å². The summed E-state index contributed by atoms with van der Waals surface area (Å²) in [4.78, 5) is 1.00. The fourth-order valence-electron chi connectivity index (χ4n) is 1.13. The molecule has 0 aliphatic carbocycles. The van der Waals surface area contributed by atoms with Gasteiger partial charge in [0.25, 0.3) is 0 Å². The molecule has 2 rings (SSSR count). The molecule has 0 amide bonds. The molecule has 0 aromatic heterocycles. The highest BCUT2D eigenvalue weighted by Gasteiger charge is 2.11. The molecule has 1 aliphatic heterocycles. The van der Waals surface area contributed by atoms with Crippen molar-refractivity contribution >= 4 is 33.4 Å². The second-order valence-electron chi connectivity index (χ2n) is 2.54. The van der Waals surface area contributed by atoms with E-state index in [1.807, 2.05) is 0 Å². The highest BCUT2D eigenvalue weighted by Crippen LogP contribution is 2.34. The van der Waals surface area contributed by atoms with Crippen LogP contribution in [-0.2, 0) is 0 Å². The average molecular weight is 248 g/mol. The maximum Gasteiger partial charge on any atom is 0.138 e. The van der Waals surface area contributed by atoms with Gasteiger partial charge in [0.05, 0.1) is 4.47 Å². The second-order valence-corrected chi connectivity index (χ2v) is 4.53. The predicted molar refractivity (Wildman–Crippen MR) is 53.3 cm³/mol. The molecular formula is C8H7BrFNS. The molecule has 12 heavy (non-hydrogen) atoms. The Morgan fingerprint density at radius 2 is 2.33 bits per heavy atom. The van der Waals surface area contributed by atoms with E-state index in [9.17, 15) is 4.39 Å². The number of hydrogen-bond acceptors (Lipinski definition) is 2. The van der Waals surface area contributed by atoms with Crippen molar-refractivity contribution in [2.75, 3.05) is 17.6 Å². The van der Waals surface area contributed by atoms with Crippen LogP contribution in [0.2, 0.25) is 0 Å². The van der Waals surface area contributed by atoms with Crippen molar-refractivity contribution in [1.29, 1.82) is 0 Å².